The number of carbonyl (C=O) groups excluding carboxylic acids is 2. The number of halogens is 1. The highest BCUT2D eigenvalue weighted by atomic mass is 79.9. The Morgan fingerprint density at radius 2 is 2.10 bits per heavy atom. The average Bonchev–Trinajstić information content (AvgIpc) is 2.89. The first-order valence-electron chi connectivity index (χ1n) is 6.97. The molecule has 0 aromatic carbocycles. The SMILES string of the molecule is CCCC(CCO)CNC(=O)CNC(=O)c1ccc(Br)o1. The maximum atomic E-state index is 11.7. The van der Waals surface area contributed by atoms with Crippen LogP contribution >= 0.6 is 15.9 Å². The summed E-state index contributed by atoms with van der Waals surface area (Å²) in [6, 6.07) is 3.13. The third kappa shape index (κ3) is 6.77. The summed E-state index contributed by atoms with van der Waals surface area (Å²) in [4.78, 5) is 23.3. The minimum atomic E-state index is -0.434. The van der Waals surface area contributed by atoms with Gasteiger partial charge in [-0.15, -0.1) is 0 Å². The molecule has 7 heteroatoms. The second-order valence-electron chi connectivity index (χ2n) is 4.76. The van der Waals surface area contributed by atoms with E-state index in [0.717, 1.165) is 12.8 Å². The Bertz CT molecular complexity index is 456. The summed E-state index contributed by atoms with van der Waals surface area (Å²) in [6.07, 6.45) is 2.62. The van der Waals surface area contributed by atoms with Crippen LogP contribution < -0.4 is 10.6 Å². The lowest BCUT2D eigenvalue weighted by Crippen LogP contribution is -2.39. The molecule has 0 fully saturated rings. The van der Waals surface area contributed by atoms with Crippen molar-refractivity contribution in [3.05, 3.63) is 22.6 Å². The average molecular weight is 361 g/mol. The molecule has 1 heterocycles. The van der Waals surface area contributed by atoms with Gasteiger partial charge in [0.1, 0.15) is 0 Å². The second-order valence-corrected chi connectivity index (χ2v) is 5.54. The molecule has 3 N–H and O–H groups in total. The van der Waals surface area contributed by atoms with Crippen LogP contribution in [-0.2, 0) is 4.79 Å². The molecule has 1 rings (SSSR count). The molecule has 1 aromatic rings. The van der Waals surface area contributed by atoms with Crippen molar-refractivity contribution in [1.29, 1.82) is 0 Å². The van der Waals surface area contributed by atoms with Crippen LogP contribution in [-0.4, -0.2) is 36.6 Å². The lowest BCUT2D eigenvalue weighted by molar-refractivity contribution is -0.120. The number of nitrogens with one attached hydrogen (secondary N) is 2. The maximum absolute atomic E-state index is 11.7. The predicted molar refractivity (Wildman–Crippen MR) is 81.9 cm³/mol. The zero-order valence-electron chi connectivity index (χ0n) is 12.0. The van der Waals surface area contributed by atoms with Crippen molar-refractivity contribution in [3.8, 4) is 0 Å². The third-order valence-corrected chi connectivity index (χ3v) is 3.45. The highest BCUT2D eigenvalue weighted by Crippen LogP contribution is 2.13. The number of amides is 2. The molecule has 0 spiro atoms. The summed E-state index contributed by atoms with van der Waals surface area (Å²) in [5, 5.41) is 14.2. The molecule has 21 heavy (non-hydrogen) atoms. The van der Waals surface area contributed by atoms with E-state index in [0.29, 0.717) is 17.6 Å². The molecule has 1 unspecified atom stereocenters. The molecule has 0 aliphatic rings. The Balaban J connectivity index is 2.28. The van der Waals surface area contributed by atoms with Crippen molar-refractivity contribution in [3.63, 3.8) is 0 Å². The van der Waals surface area contributed by atoms with Gasteiger partial charge in [0.2, 0.25) is 5.91 Å². The monoisotopic (exact) mass is 360 g/mol. The van der Waals surface area contributed by atoms with Gasteiger partial charge in [-0.1, -0.05) is 13.3 Å². The molecule has 0 aliphatic carbocycles. The zero-order chi connectivity index (χ0) is 15.7. The van der Waals surface area contributed by atoms with Crippen molar-refractivity contribution in [1.82, 2.24) is 10.6 Å². The molecule has 2 amide bonds. The number of carbonyl (C=O) groups is 2. The fourth-order valence-electron chi connectivity index (χ4n) is 1.94. The van der Waals surface area contributed by atoms with E-state index in [-0.39, 0.29) is 30.7 Å². The number of hydrogen-bond acceptors (Lipinski definition) is 4. The Hall–Kier alpha value is -1.34. The molecule has 0 saturated carbocycles. The van der Waals surface area contributed by atoms with E-state index in [9.17, 15) is 9.59 Å². The van der Waals surface area contributed by atoms with Crippen molar-refractivity contribution >= 4 is 27.7 Å². The molecule has 1 atom stereocenters. The Morgan fingerprint density at radius 1 is 1.33 bits per heavy atom. The molecule has 118 valence electrons. The largest absolute Gasteiger partial charge is 0.444 e. The summed E-state index contributed by atoms with van der Waals surface area (Å²) < 4.78 is 5.55. The van der Waals surface area contributed by atoms with Crippen LogP contribution in [0.2, 0.25) is 0 Å². The third-order valence-electron chi connectivity index (χ3n) is 3.03. The molecule has 0 aliphatic heterocycles. The first kappa shape index (κ1) is 17.7. The minimum Gasteiger partial charge on any atom is -0.444 e. The van der Waals surface area contributed by atoms with Gasteiger partial charge in [0, 0.05) is 13.2 Å². The molecule has 0 saturated heterocycles. The molecule has 6 nitrogen and oxygen atoms in total. The first-order chi connectivity index (χ1) is 10.1. The van der Waals surface area contributed by atoms with Crippen LogP contribution in [0.1, 0.15) is 36.7 Å². The van der Waals surface area contributed by atoms with E-state index < -0.39 is 5.91 Å². The number of hydrogen-bond donors (Lipinski definition) is 3. The van der Waals surface area contributed by atoms with Crippen molar-refractivity contribution in [2.45, 2.75) is 26.2 Å². The number of aliphatic hydroxyl groups excluding tert-OH is 1. The van der Waals surface area contributed by atoms with Crippen molar-refractivity contribution in [2.24, 2.45) is 5.92 Å². The van der Waals surface area contributed by atoms with Gasteiger partial charge in [0.15, 0.2) is 10.4 Å². The van der Waals surface area contributed by atoms with E-state index in [2.05, 4.69) is 33.5 Å². The normalized spacial score (nSPS) is 12.0. The van der Waals surface area contributed by atoms with Gasteiger partial charge in [-0.3, -0.25) is 9.59 Å². The topological polar surface area (TPSA) is 91.6 Å². The summed E-state index contributed by atoms with van der Waals surface area (Å²) in [6.45, 7) is 2.59. The van der Waals surface area contributed by atoms with Crippen LogP contribution in [0, 0.1) is 5.92 Å². The standard InChI is InChI=1S/C14H21BrN2O4/c1-2-3-10(6-7-18)8-16-13(19)9-17-14(20)11-4-5-12(15)21-11/h4-5,10,18H,2-3,6-9H2,1H3,(H,16,19)(H,17,20). The minimum absolute atomic E-state index is 0.102. The van der Waals surface area contributed by atoms with E-state index in [4.69, 9.17) is 9.52 Å². The van der Waals surface area contributed by atoms with Gasteiger partial charge < -0.3 is 20.2 Å². The van der Waals surface area contributed by atoms with E-state index in [1.165, 1.54) is 6.07 Å². The van der Waals surface area contributed by atoms with E-state index in [1.54, 1.807) is 6.07 Å². The summed E-state index contributed by atoms with van der Waals surface area (Å²) in [7, 11) is 0. The van der Waals surface area contributed by atoms with Crippen LogP contribution in [0.5, 0.6) is 0 Å². The smallest absolute Gasteiger partial charge is 0.287 e. The second kappa shape index (κ2) is 9.57. The Labute approximate surface area is 132 Å². The van der Waals surface area contributed by atoms with Gasteiger partial charge >= 0.3 is 0 Å². The van der Waals surface area contributed by atoms with Crippen LogP contribution in [0.4, 0.5) is 0 Å². The van der Waals surface area contributed by atoms with Crippen molar-refractivity contribution < 1.29 is 19.1 Å². The molecular weight excluding hydrogens is 340 g/mol. The van der Waals surface area contributed by atoms with Gasteiger partial charge in [0.05, 0.1) is 6.54 Å². The van der Waals surface area contributed by atoms with Gasteiger partial charge in [0.25, 0.3) is 5.91 Å². The molecular formula is C14H21BrN2O4. The summed E-state index contributed by atoms with van der Waals surface area (Å²) in [5.41, 5.74) is 0. The Kier molecular flexibility index (Phi) is 8.07. The van der Waals surface area contributed by atoms with Crippen molar-refractivity contribution in [2.75, 3.05) is 19.7 Å². The lowest BCUT2D eigenvalue weighted by atomic mass is 10.0. The Morgan fingerprint density at radius 3 is 2.67 bits per heavy atom. The van der Waals surface area contributed by atoms with E-state index >= 15 is 0 Å². The summed E-state index contributed by atoms with van der Waals surface area (Å²) >= 11 is 3.10. The highest BCUT2D eigenvalue weighted by molar-refractivity contribution is 9.10. The first-order valence-corrected chi connectivity index (χ1v) is 7.77. The molecule has 1 aromatic heterocycles. The van der Waals surface area contributed by atoms with E-state index in [1.807, 2.05) is 0 Å². The molecule has 0 bridgehead atoms. The fraction of sp³-hybridized carbons (Fsp3) is 0.571. The quantitative estimate of drug-likeness (QED) is 0.624. The van der Waals surface area contributed by atoms with Crippen LogP contribution in [0.3, 0.4) is 0 Å². The maximum Gasteiger partial charge on any atom is 0.287 e. The number of aliphatic hydroxyl groups is 1. The number of furan rings is 1. The van der Waals surface area contributed by atoms with Crippen LogP contribution in [0.15, 0.2) is 21.2 Å². The van der Waals surface area contributed by atoms with Gasteiger partial charge in [-0.25, -0.2) is 0 Å². The zero-order valence-corrected chi connectivity index (χ0v) is 13.6. The highest BCUT2D eigenvalue weighted by Gasteiger charge is 2.13. The van der Waals surface area contributed by atoms with Gasteiger partial charge in [-0.2, -0.15) is 0 Å². The number of rotatable bonds is 9. The lowest BCUT2D eigenvalue weighted by Gasteiger charge is -2.15. The van der Waals surface area contributed by atoms with Gasteiger partial charge in [-0.05, 0) is 46.8 Å². The predicted octanol–water partition coefficient (Wildman–Crippen LogP) is 1.69. The summed E-state index contributed by atoms with van der Waals surface area (Å²) in [5.74, 6) is -0.274. The molecule has 0 radical (unpaired) electrons. The fourth-order valence-corrected chi connectivity index (χ4v) is 2.25. The van der Waals surface area contributed by atoms with Crippen LogP contribution in [0.25, 0.3) is 0 Å².